The molecule has 1 aliphatic rings. The minimum absolute atomic E-state index is 0.314. The van der Waals surface area contributed by atoms with Crippen LogP contribution in [0.15, 0.2) is 36.4 Å². The van der Waals surface area contributed by atoms with Gasteiger partial charge in [0, 0.05) is 15.7 Å². The molecule has 0 fully saturated rings. The first kappa shape index (κ1) is 11.9. The molecule has 1 unspecified atom stereocenters. The maximum atomic E-state index is 6.15. The molecule has 2 aromatic carbocycles. The summed E-state index contributed by atoms with van der Waals surface area (Å²) in [6, 6.07) is 12.4. The van der Waals surface area contributed by atoms with E-state index >= 15 is 0 Å². The van der Waals surface area contributed by atoms with Crippen LogP contribution in [0.1, 0.15) is 22.7 Å². The molecule has 92 valence electrons. The van der Waals surface area contributed by atoms with Crippen LogP contribution >= 0.6 is 23.2 Å². The van der Waals surface area contributed by atoms with Crippen molar-refractivity contribution in [3.8, 4) is 0 Å². The highest BCUT2D eigenvalue weighted by molar-refractivity contribution is 6.31. The maximum absolute atomic E-state index is 6.15. The van der Waals surface area contributed by atoms with E-state index in [9.17, 15) is 0 Å². The number of fused-ring (bicyclic) bond motifs is 1. The van der Waals surface area contributed by atoms with Crippen molar-refractivity contribution in [2.45, 2.75) is 19.4 Å². The molecule has 3 heteroatoms. The van der Waals surface area contributed by atoms with Gasteiger partial charge >= 0.3 is 0 Å². The average Bonchev–Trinajstić information content (AvgIpc) is 2.80. The van der Waals surface area contributed by atoms with Gasteiger partial charge in [-0.2, -0.15) is 0 Å². The van der Waals surface area contributed by atoms with Crippen molar-refractivity contribution in [3.05, 3.63) is 63.1 Å². The van der Waals surface area contributed by atoms with Crippen LogP contribution in [0.3, 0.4) is 0 Å². The normalized spacial score (nSPS) is 17.4. The first-order valence-electron chi connectivity index (χ1n) is 5.95. The zero-order valence-corrected chi connectivity index (χ0v) is 11.5. The molecule has 0 amide bonds. The molecule has 1 aliphatic heterocycles. The summed E-state index contributed by atoms with van der Waals surface area (Å²) in [6.45, 7) is 2.05. The fraction of sp³-hybridized carbons (Fsp3) is 0.200. The Morgan fingerprint density at radius 3 is 2.50 bits per heavy atom. The molecule has 0 aliphatic carbocycles. The van der Waals surface area contributed by atoms with Crippen molar-refractivity contribution >= 4 is 28.9 Å². The second-order valence-electron chi connectivity index (χ2n) is 4.66. The highest BCUT2D eigenvalue weighted by atomic mass is 35.5. The second-order valence-corrected chi connectivity index (χ2v) is 5.50. The van der Waals surface area contributed by atoms with Gasteiger partial charge in [-0.3, -0.25) is 0 Å². The monoisotopic (exact) mass is 277 g/mol. The third-order valence-electron chi connectivity index (χ3n) is 3.50. The Hall–Kier alpha value is -1.18. The lowest BCUT2D eigenvalue weighted by molar-refractivity contribution is 0.824. The molecule has 0 saturated carbocycles. The number of rotatable bonds is 1. The van der Waals surface area contributed by atoms with Crippen molar-refractivity contribution in [3.63, 3.8) is 0 Å². The molecule has 2 aromatic rings. The van der Waals surface area contributed by atoms with E-state index in [4.69, 9.17) is 23.2 Å². The third kappa shape index (κ3) is 1.98. The summed E-state index contributed by atoms with van der Waals surface area (Å²) in [6.07, 6.45) is 0.995. The van der Waals surface area contributed by atoms with Crippen LogP contribution in [0.5, 0.6) is 0 Å². The first-order chi connectivity index (χ1) is 8.65. The standard InChI is InChI=1S/C15H13Cl2N/c1-9-13(17)7-4-11-8-14(18-15(9)11)10-2-5-12(16)6-3-10/h2-7,14,18H,8H2,1H3. The lowest BCUT2D eigenvalue weighted by atomic mass is 10.0. The third-order valence-corrected chi connectivity index (χ3v) is 4.16. The van der Waals surface area contributed by atoms with Gasteiger partial charge in [0.15, 0.2) is 0 Å². The van der Waals surface area contributed by atoms with Gasteiger partial charge < -0.3 is 5.32 Å². The molecule has 18 heavy (non-hydrogen) atoms. The summed E-state index contributed by atoms with van der Waals surface area (Å²) >= 11 is 12.1. The van der Waals surface area contributed by atoms with Crippen molar-refractivity contribution in [1.29, 1.82) is 0 Å². The summed E-state index contributed by atoms with van der Waals surface area (Å²) in [4.78, 5) is 0. The molecule has 0 aromatic heterocycles. The quantitative estimate of drug-likeness (QED) is 0.773. The lowest BCUT2D eigenvalue weighted by Gasteiger charge is -2.12. The van der Waals surface area contributed by atoms with Gasteiger partial charge in [-0.25, -0.2) is 0 Å². The van der Waals surface area contributed by atoms with Crippen LogP contribution in [0, 0.1) is 6.92 Å². The Bertz CT molecular complexity index is 590. The summed E-state index contributed by atoms with van der Waals surface area (Å²) < 4.78 is 0. The van der Waals surface area contributed by atoms with Crippen molar-refractivity contribution in [2.75, 3.05) is 5.32 Å². The van der Waals surface area contributed by atoms with E-state index in [1.54, 1.807) is 0 Å². The summed E-state index contributed by atoms with van der Waals surface area (Å²) in [5.41, 5.74) is 4.90. The van der Waals surface area contributed by atoms with Crippen LogP contribution in [-0.4, -0.2) is 0 Å². The van der Waals surface area contributed by atoms with Crippen LogP contribution in [0.4, 0.5) is 5.69 Å². The zero-order chi connectivity index (χ0) is 12.7. The Morgan fingerprint density at radius 2 is 1.78 bits per heavy atom. The topological polar surface area (TPSA) is 12.0 Å². The van der Waals surface area contributed by atoms with E-state index in [0.29, 0.717) is 6.04 Å². The lowest BCUT2D eigenvalue weighted by Crippen LogP contribution is -2.05. The molecule has 1 N–H and O–H groups in total. The molecular formula is C15H13Cl2N. The summed E-state index contributed by atoms with van der Waals surface area (Å²) in [5.74, 6) is 0. The number of anilines is 1. The molecule has 1 nitrogen and oxygen atoms in total. The highest BCUT2D eigenvalue weighted by Crippen LogP contribution is 2.38. The SMILES string of the molecule is Cc1c(Cl)ccc2c1NC(c1ccc(Cl)cc1)C2. The Balaban J connectivity index is 1.93. The number of nitrogens with one attached hydrogen (secondary N) is 1. The molecule has 0 spiro atoms. The van der Waals surface area contributed by atoms with Gasteiger partial charge in [0.1, 0.15) is 0 Å². The first-order valence-corrected chi connectivity index (χ1v) is 6.71. The molecule has 1 atom stereocenters. The van der Waals surface area contributed by atoms with Crippen molar-refractivity contribution in [1.82, 2.24) is 0 Å². The fourth-order valence-electron chi connectivity index (χ4n) is 2.45. The fourth-order valence-corrected chi connectivity index (χ4v) is 2.74. The van der Waals surface area contributed by atoms with Crippen LogP contribution in [0.25, 0.3) is 0 Å². The number of hydrogen-bond acceptors (Lipinski definition) is 1. The molecule has 0 bridgehead atoms. The van der Waals surface area contributed by atoms with Crippen LogP contribution in [0.2, 0.25) is 10.0 Å². The van der Waals surface area contributed by atoms with Crippen LogP contribution < -0.4 is 5.32 Å². The van der Waals surface area contributed by atoms with E-state index in [2.05, 4.69) is 30.4 Å². The molecule has 3 rings (SSSR count). The number of benzene rings is 2. The molecule has 0 radical (unpaired) electrons. The molecular weight excluding hydrogens is 265 g/mol. The summed E-state index contributed by atoms with van der Waals surface area (Å²) in [7, 11) is 0. The van der Waals surface area contributed by atoms with Gasteiger partial charge in [0.05, 0.1) is 6.04 Å². The maximum Gasteiger partial charge on any atom is 0.0555 e. The van der Waals surface area contributed by atoms with Gasteiger partial charge in [-0.15, -0.1) is 0 Å². The molecule has 1 heterocycles. The Morgan fingerprint density at radius 1 is 1.06 bits per heavy atom. The Labute approximate surface area is 117 Å². The van der Waals surface area contributed by atoms with E-state index < -0.39 is 0 Å². The van der Waals surface area contributed by atoms with E-state index in [-0.39, 0.29) is 0 Å². The predicted octanol–water partition coefficient (Wildman–Crippen LogP) is 5.01. The minimum Gasteiger partial charge on any atom is -0.377 e. The predicted molar refractivity (Wildman–Crippen MR) is 77.7 cm³/mol. The van der Waals surface area contributed by atoms with E-state index in [0.717, 1.165) is 22.0 Å². The largest absolute Gasteiger partial charge is 0.377 e. The van der Waals surface area contributed by atoms with Crippen molar-refractivity contribution < 1.29 is 0 Å². The van der Waals surface area contributed by atoms with E-state index in [1.807, 2.05) is 18.2 Å². The van der Waals surface area contributed by atoms with Gasteiger partial charge in [0.25, 0.3) is 0 Å². The number of halogens is 2. The highest BCUT2D eigenvalue weighted by Gasteiger charge is 2.23. The minimum atomic E-state index is 0.314. The van der Waals surface area contributed by atoms with Crippen LogP contribution in [-0.2, 0) is 6.42 Å². The van der Waals surface area contributed by atoms with Gasteiger partial charge in [0.2, 0.25) is 0 Å². The Kier molecular flexibility index (Phi) is 2.96. The number of hydrogen-bond donors (Lipinski definition) is 1. The summed E-state index contributed by atoms with van der Waals surface area (Å²) in [5, 5.41) is 5.14. The molecule has 0 saturated heterocycles. The second kappa shape index (κ2) is 4.49. The van der Waals surface area contributed by atoms with Crippen molar-refractivity contribution in [2.24, 2.45) is 0 Å². The van der Waals surface area contributed by atoms with Gasteiger partial charge in [-0.05, 0) is 48.2 Å². The smallest absolute Gasteiger partial charge is 0.0555 e. The van der Waals surface area contributed by atoms with E-state index in [1.165, 1.54) is 16.8 Å². The average molecular weight is 278 g/mol. The zero-order valence-electron chi connectivity index (χ0n) is 10.0. The van der Waals surface area contributed by atoms with Gasteiger partial charge in [-0.1, -0.05) is 41.4 Å².